The zero-order chi connectivity index (χ0) is 13.4. The van der Waals surface area contributed by atoms with Gasteiger partial charge in [-0.15, -0.1) is 0 Å². The summed E-state index contributed by atoms with van der Waals surface area (Å²) >= 11 is 0. The van der Waals surface area contributed by atoms with Gasteiger partial charge in [-0.25, -0.2) is 9.78 Å². The first-order valence-corrected chi connectivity index (χ1v) is 6.60. The lowest BCUT2D eigenvalue weighted by atomic mass is 9.97. The smallest absolute Gasteiger partial charge is 0.356 e. The van der Waals surface area contributed by atoms with Crippen molar-refractivity contribution < 1.29 is 9.90 Å². The number of aromatic nitrogens is 2. The summed E-state index contributed by atoms with van der Waals surface area (Å²) in [4.78, 5) is 15.7. The van der Waals surface area contributed by atoms with Gasteiger partial charge in [0.1, 0.15) is 5.82 Å². The van der Waals surface area contributed by atoms with E-state index in [0.717, 1.165) is 37.4 Å². The lowest BCUT2D eigenvalue weighted by Crippen LogP contribution is -2.27. The molecule has 100 valence electrons. The quantitative estimate of drug-likeness (QED) is 0.863. The molecule has 1 aliphatic heterocycles. The molecule has 0 radical (unpaired) electrons. The van der Waals surface area contributed by atoms with E-state index >= 15 is 0 Å². The zero-order valence-electron chi connectivity index (χ0n) is 10.9. The molecule has 5 nitrogen and oxygen atoms in total. The van der Waals surface area contributed by atoms with Crippen LogP contribution in [0.3, 0.4) is 0 Å². The lowest BCUT2D eigenvalue weighted by molar-refractivity contribution is 0.0693. The van der Waals surface area contributed by atoms with Gasteiger partial charge >= 0.3 is 5.97 Å². The van der Waals surface area contributed by atoms with Gasteiger partial charge in [-0.1, -0.05) is 6.07 Å². The van der Waals surface area contributed by atoms with Gasteiger partial charge < -0.3 is 10.4 Å². The first-order chi connectivity index (χ1) is 9.18. The highest BCUT2D eigenvalue weighted by Crippen LogP contribution is 2.27. The van der Waals surface area contributed by atoms with Gasteiger partial charge in [0.2, 0.25) is 0 Å². The molecule has 2 aromatic rings. The Morgan fingerprint density at radius 3 is 2.84 bits per heavy atom. The second kappa shape index (κ2) is 4.66. The van der Waals surface area contributed by atoms with E-state index in [0.29, 0.717) is 11.4 Å². The Morgan fingerprint density at radius 1 is 1.42 bits per heavy atom. The SMILES string of the molecule is Cc1cccc2c(C(=O)O)nc(C3CCNCC3)n12. The predicted octanol–water partition coefficient (Wildman–Crippen LogP) is 1.81. The molecule has 3 rings (SSSR count). The van der Waals surface area contributed by atoms with E-state index in [9.17, 15) is 9.90 Å². The molecule has 0 aromatic carbocycles. The van der Waals surface area contributed by atoms with Crippen LogP contribution < -0.4 is 5.32 Å². The average molecular weight is 259 g/mol. The summed E-state index contributed by atoms with van der Waals surface area (Å²) in [6.45, 7) is 3.92. The number of fused-ring (bicyclic) bond motifs is 1. The van der Waals surface area contributed by atoms with Crippen LogP contribution in [0.1, 0.15) is 40.8 Å². The van der Waals surface area contributed by atoms with Gasteiger partial charge in [-0.05, 0) is 45.0 Å². The van der Waals surface area contributed by atoms with Gasteiger partial charge in [-0.2, -0.15) is 0 Å². The van der Waals surface area contributed by atoms with E-state index in [4.69, 9.17) is 0 Å². The molecule has 1 aliphatic rings. The number of hydrogen-bond donors (Lipinski definition) is 2. The number of rotatable bonds is 2. The molecule has 1 saturated heterocycles. The molecule has 0 aliphatic carbocycles. The van der Waals surface area contributed by atoms with Crippen molar-refractivity contribution in [3.63, 3.8) is 0 Å². The number of carboxylic acids is 1. The van der Waals surface area contributed by atoms with Crippen molar-refractivity contribution in [3.8, 4) is 0 Å². The summed E-state index contributed by atoms with van der Waals surface area (Å²) in [5, 5.41) is 12.6. The fraction of sp³-hybridized carbons (Fsp3) is 0.429. The normalized spacial score (nSPS) is 16.9. The van der Waals surface area contributed by atoms with Gasteiger partial charge in [0, 0.05) is 11.6 Å². The topological polar surface area (TPSA) is 66.6 Å². The van der Waals surface area contributed by atoms with Crippen LogP contribution in [0, 0.1) is 6.92 Å². The van der Waals surface area contributed by atoms with Gasteiger partial charge in [-0.3, -0.25) is 4.40 Å². The molecule has 1 fully saturated rings. The van der Waals surface area contributed by atoms with Crippen LogP contribution in [0.5, 0.6) is 0 Å². The molecule has 3 heterocycles. The van der Waals surface area contributed by atoms with E-state index in [-0.39, 0.29) is 5.69 Å². The fourth-order valence-electron chi connectivity index (χ4n) is 2.84. The molecule has 0 unspecified atom stereocenters. The second-order valence-corrected chi connectivity index (χ2v) is 5.04. The Labute approximate surface area is 111 Å². The number of nitrogens with one attached hydrogen (secondary N) is 1. The van der Waals surface area contributed by atoms with E-state index in [1.165, 1.54) is 0 Å². The monoisotopic (exact) mass is 259 g/mol. The Balaban J connectivity index is 2.20. The molecule has 2 N–H and O–H groups in total. The maximum Gasteiger partial charge on any atom is 0.356 e. The summed E-state index contributed by atoms with van der Waals surface area (Å²) < 4.78 is 2.00. The van der Waals surface area contributed by atoms with E-state index < -0.39 is 5.97 Å². The van der Waals surface area contributed by atoms with Crippen LogP contribution in [0.4, 0.5) is 0 Å². The molecule has 0 saturated carbocycles. The van der Waals surface area contributed by atoms with Gasteiger partial charge in [0.15, 0.2) is 5.69 Å². The Bertz CT molecular complexity index is 627. The number of piperidine rings is 1. The summed E-state index contributed by atoms with van der Waals surface area (Å²) in [6, 6.07) is 5.70. The molecule has 2 aromatic heterocycles. The highest BCUT2D eigenvalue weighted by atomic mass is 16.4. The molecule has 0 amide bonds. The number of carbonyl (C=O) groups is 1. The zero-order valence-corrected chi connectivity index (χ0v) is 10.9. The number of aryl methyl sites for hydroxylation is 1. The maximum absolute atomic E-state index is 11.3. The first-order valence-electron chi connectivity index (χ1n) is 6.60. The van der Waals surface area contributed by atoms with Gasteiger partial charge in [0.25, 0.3) is 0 Å². The molecule has 0 bridgehead atoms. The minimum atomic E-state index is -0.955. The van der Waals surface area contributed by atoms with Crippen molar-refractivity contribution in [1.82, 2.24) is 14.7 Å². The number of carboxylic acid groups (broad SMARTS) is 1. The summed E-state index contributed by atoms with van der Waals surface area (Å²) in [5.74, 6) is 0.276. The summed E-state index contributed by atoms with van der Waals surface area (Å²) in [5.41, 5.74) is 1.89. The Morgan fingerprint density at radius 2 is 2.16 bits per heavy atom. The van der Waals surface area contributed by atoms with Crippen LogP contribution in [-0.2, 0) is 0 Å². The van der Waals surface area contributed by atoms with Crippen molar-refractivity contribution in [2.75, 3.05) is 13.1 Å². The number of pyridine rings is 1. The molecular formula is C14H17N3O2. The molecule has 0 atom stereocenters. The minimum absolute atomic E-state index is 0.164. The van der Waals surface area contributed by atoms with Crippen molar-refractivity contribution >= 4 is 11.5 Å². The van der Waals surface area contributed by atoms with Crippen LogP contribution in [0.2, 0.25) is 0 Å². The van der Waals surface area contributed by atoms with Crippen LogP contribution >= 0.6 is 0 Å². The number of hydrogen-bond acceptors (Lipinski definition) is 3. The number of aromatic carboxylic acids is 1. The van der Waals surface area contributed by atoms with Crippen molar-refractivity contribution in [2.24, 2.45) is 0 Å². The standard InChI is InChI=1S/C14H17N3O2/c1-9-3-2-4-11-12(14(18)19)16-13(17(9)11)10-5-7-15-8-6-10/h2-4,10,15H,5-8H2,1H3,(H,18,19). The predicted molar refractivity (Wildman–Crippen MR) is 71.7 cm³/mol. The molecule has 5 heteroatoms. The number of nitrogens with zero attached hydrogens (tertiary/aromatic N) is 2. The van der Waals surface area contributed by atoms with E-state index in [1.54, 1.807) is 0 Å². The fourth-order valence-corrected chi connectivity index (χ4v) is 2.84. The minimum Gasteiger partial charge on any atom is -0.476 e. The molecule has 19 heavy (non-hydrogen) atoms. The third-order valence-corrected chi connectivity index (χ3v) is 3.79. The highest BCUT2D eigenvalue weighted by Gasteiger charge is 2.24. The third kappa shape index (κ3) is 2.00. The molecular weight excluding hydrogens is 242 g/mol. The Kier molecular flexibility index (Phi) is 2.98. The average Bonchev–Trinajstić information content (AvgIpc) is 2.81. The first kappa shape index (κ1) is 12.2. The van der Waals surface area contributed by atoms with Crippen molar-refractivity contribution in [1.29, 1.82) is 0 Å². The van der Waals surface area contributed by atoms with Crippen molar-refractivity contribution in [3.05, 3.63) is 35.4 Å². The Hall–Kier alpha value is -1.88. The van der Waals surface area contributed by atoms with E-state index in [2.05, 4.69) is 10.3 Å². The number of imidazole rings is 1. The molecule has 0 spiro atoms. The van der Waals surface area contributed by atoms with Gasteiger partial charge in [0.05, 0.1) is 5.52 Å². The summed E-state index contributed by atoms with van der Waals surface area (Å²) in [7, 11) is 0. The van der Waals surface area contributed by atoms with Crippen LogP contribution in [-0.4, -0.2) is 33.6 Å². The third-order valence-electron chi connectivity index (χ3n) is 3.79. The second-order valence-electron chi connectivity index (χ2n) is 5.04. The highest BCUT2D eigenvalue weighted by molar-refractivity contribution is 5.93. The maximum atomic E-state index is 11.3. The lowest BCUT2D eigenvalue weighted by Gasteiger charge is -2.22. The largest absolute Gasteiger partial charge is 0.476 e. The van der Waals surface area contributed by atoms with Crippen LogP contribution in [0.25, 0.3) is 5.52 Å². The van der Waals surface area contributed by atoms with Crippen molar-refractivity contribution in [2.45, 2.75) is 25.7 Å². The summed E-state index contributed by atoms with van der Waals surface area (Å²) in [6.07, 6.45) is 2.01. The van der Waals surface area contributed by atoms with Crippen LogP contribution in [0.15, 0.2) is 18.2 Å². The van der Waals surface area contributed by atoms with E-state index in [1.807, 2.05) is 29.5 Å².